The molecule has 1 fully saturated rings. The van der Waals surface area contributed by atoms with Gasteiger partial charge in [-0.15, -0.1) is 0 Å². The van der Waals surface area contributed by atoms with E-state index in [1.165, 1.54) is 0 Å². The Morgan fingerprint density at radius 2 is 2.09 bits per heavy atom. The molecule has 2 aliphatic rings. The predicted octanol–water partition coefficient (Wildman–Crippen LogP) is 1.62. The van der Waals surface area contributed by atoms with Gasteiger partial charge in [0.25, 0.3) is 5.91 Å². The molecule has 118 valence electrons. The van der Waals surface area contributed by atoms with Crippen LogP contribution in [0.1, 0.15) is 25.8 Å². The van der Waals surface area contributed by atoms with Crippen molar-refractivity contribution >= 4 is 11.9 Å². The van der Waals surface area contributed by atoms with Crippen molar-refractivity contribution in [1.82, 2.24) is 5.32 Å². The number of carbonyl (C=O) groups excluding carboxylic acids is 2. The number of hydrogen-bond acceptors (Lipinski definition) is 5. The molecule has 1 amide bonds. The fraction of sp³-hybridized carbons (Fsp3) is 0.500. The first-order valence-electron chi connectivity index (χ1n) is 7.41. The maximum absolute atomic E-state index is 12.0. The Kier molecular flexibility index (Phi) is 3.92. The fourth-order valence-corrected chi connectivity index (χ4v) is 2.35. The lowest BCUT2D eigenvalue weighted by Gasteiger charge is -2.13. The van der Waals surface area contributed by atoms with Gasteiger partial charge in [0.1, 0.15) is 0 Å². The summed E-state index contributed by atoms with van der Waals surface area (Å²) in [6, 6.07) is 5.49. The smallest absolute Gasteiger partial charge is 0.309 e. The minimum atomic E-state index is -0.783. The zero-order valence-electron chi connectivity index (χ0n) is 12.6. The van der Waals surface area contributed by atoms with Crippen LogP contribution in [0, 0.1) is 11.8 Å². The number of rotatable bonds is 5. The quantitative estimate of drug-likeness (QED) is 0.837. The van der Waals surface area contributed by atoms with Gasteiger partial charge in [-0.2, -0.15) is 0 Å². The highest BCUT2D eigenvalue weighted by Crippen LogP contribution is 2.38. The van der Waals surface area contributed by atoms with Crippen LogP contribution in [0.2, 0.25) is 0 Å². The molecule has 3 atom stereocenters. The van der Waals surface area contributed by atoms with Gasteiger partial charge in [-0.1, -0.05) is 13.0 Å². The Morgan fingerprint density at radius 1 is 1.36 bits per heavy atom. The second-order valence-corrected chi connectivity index (χ2v) is 5.80. The Morgan fingerprint density at radius 3 is 2.82 bits per heavy atom. The average Bonchev–Trinajstić information content (AvgIpc) is 3.06. The zero-order chi connectivity index (χ0) is 15.7. The molecular formula is C16H19NO5. The number of fused-ring (bicyclic) bond motifs is 1. The zero-order valence-corrected chi connectivity index (χ0v) is 12.6. The topological polar surface area (TPSA) is 73.9 Å². The number of carbonyl (C=O) groups is 2. The minimum absolute atomic E-state index is 0.0379. The van der Waals surface area contributed by atoms with Gasteiger partial charge < -0.3 is 19.5 Å². The Hall–Kier alpha value is -2.24. The second-order valence-electron chi connectivity index (χ2n) is 5.80. The lowest BCUT2D eigenvalue weighted by molar-refractivity contribution is -0.156. The monoisotopic (exact) mass is 305 g/mol. The van der Waals surface area contributed by atoms with Crippen LogP contribution in [0.25, 0.3) is 0 Å². The van der Waals surface area contributed by atoms with E-state index in [-0.39, 0.29) is 24.6 Å². The molecule has 3 rings (SSSR count). The Balaban J connectivity index is 1.48. The Bertz CT molecular complexity index is 600. The summed E-state index contributed by atoms with van der Waals surface area (Å²) in [5.41, 5.74) is 0.895. The summed E-state index contributed by atoms with van der Waals surface area (Å²) in [6.07, 6.45) is 0.0685. The molecule has 1 saturated carbocycles. The lowest BCUT2D eigenvalue weighted by atomic mass is 10.2. The fourth-order valence-electron chi connectivity index (χ4n) is 2.35. The lowest BCUT2D eigenvalue weighted by Crippen LogP contribution is -2.35. The molecule has 1 aromatic carbocycles. The van der Waals surface area contributed by atoms with E-state index in [0.717, 1.165) is 12.0 Å². The molecule has 0 radical (unpaired) electrons. The Labute approximate surface area is 128 Å². The van der Waals surface area contributed by atoms with Crippen LogP contribution in [0.15, 0.2) is 18.2 Å². The van der Waals surface area contributed by atoms with Gasteiger partial charge in [0, 0.05) is 6.54 Å². The maximum Gasteiger partial charge on any atom is 0.309 e. The first-order valence-corrected chi connectivity index (χ1v) is 7.41. The van der Waals surface area contributed by atoms with E-state index in [9.17, 15) is 9.59 Å². The summed E-state index contributed by atoms with van der Waals surface area (Å²) in [6.45, 7) is 4.14. The number of benzene rings is 1. The molecule has 6 nitrogen and oxygen atoms in total. The second kappa shape index (κ2) is 5.87. The first kappa shape index (κ1) is 14.7. The van der Waals surface area contributed by atoms with E-state index in [0.29, 0.717) is 24.0 Å². The summed E-state index contributed by atoms with van der Waals surface area (Å²) in [5.74, 6) is 1.13. The van der Waals surface area contributed by atoms with Crippen molar-refractivity contribution in [3.63, 3.8) is 0 Å². The van der Waals surface area contributed by atoms with Crippen LogP contribution in [-0.2, 0) is 20.9 Å². The van der Waals surface area contributed by atoms with E-state index >= 15 is 0 Å². The van der Waals surface area contributed by atoms with Crippen molar-refractivity contribution in [1.29, 1.82) is 0 Å². The van der Waals surface area contributed by atoms with Gasteiger partial charge in [-0.25, -0.2) is 0 Å². The van der Waals surface area contributed by atoms with E-state index in [1.54, 1.807) is 6.92 Å². The van der Waals surface area contributed by atoms with Gasteiger partial charge in [-0.3, -0.25) is 9.59 Å². The molecule has 0 spiro atoms. The first-order chi connectivity index (χ1) is 10.5. The normalized spacial score (nSPS) is 22.8. The van der Waals surface area contributed by atoms with Crippen molar-refractivity contribution < 1.29 is 23.8 Å². The molecular weight excluding hydrogens is 286 g/mol. The summed E-state index contributed by atoms with van der Waals surface area (Å²) >= 11 is 0. The van der Waals surface area contributed by atoms with E-state index in [1.807, 2.05) is 25.1 Å². The van der Waals surface area contributed by atoms with Gasteiger partial charge in [0.2, 0.25) is 6.79 Å². The summed E-state index contributed by atoms with van der Waals surface area (Å²) in [5, 5.41) is 2.75. The number of hydrogen-bond donors (Lipinski definition) is 1. The van der Waals surface area contributed by atoms with Gasteiger partial charge >= 0.3 is 5.97 Å². The number of ether oxygens (including phenoxy) is 3. The highest BCUT2D eigenvalue weighted by molar-refractivity contribution is 5.84. The SMILES string of the molecule is C[C@H](OC(=O)[C@H]1C[C@H]1C)C(=O)NCc1ccc2c(c1)OCO2. The number of esters is 1. The molecule has 6 heteroatoms. The van der Waals surface area contributed by atoms with Crippen LogP contribution < -0.4 is 14.8 Å². The third-order valence-electron chi connectivity index (χ3n) is 3.98. The molecule has 1 heterocycles. The van der Waals surface area contributed by atoms with Crippen LogP contribution in [0.5, 0.6) is 11.5 Å². The number of amides is 1. The molecule has 0 saturated heterocycles. The third-order valence-corrected chi connectivity index (χ3v) is 3.98. The van der Waals surface area contributed by atoms with Crippen molar-refractivity contribution in [3.05, 3.63) is 23.8 Å². The summed E-state index contributed by atoms with van der Waals surface area (Å²) < 4.78 is 15.7. The molecule has 1 aliphatic carbocycles. The summed E-state index contributed by atoms with van der Waals surface area (Å²) in [7, 11) is 0. The molecule has 1 aromatic rings. The molecule has 0 aromatic heterocycles. The predicted molar refractivity (Wildman–Crippen MR) is 77.2 cm³/mol. The highest BCUT2D eigenvalue weighted by atomic mass is 16.7. The maximum atomic E-state index is 12.0. The van der Waals surface area contributed by atoms with Gasteiger partial charge in [0.05, 0.1) is 5.92 Å². The van der Waals surface area contributed by atoms with Crippen molar-refractivity contribution in [3.8, 4) is 11.5 Å². The molecule has 0 bridgehead atoms. The van der Waals surface area contributed by atoms with E-state index in [2.05, 4.69) is 5.32 Å². The van der Waals surface area contributed by atoms with Crippen LogP contribution in [0.3, 0.4) is 0 Å². The van der Waals surface area contributed by atoms with Crippen molar-refractivity contribution in [2.24, 2.45) is 11.8 Å². The van der Waals surface area contributed by atoms with E-state index in [4.69, 9.17) is 14.2 Å². The van der Waals surface area contributed by atoms with Crippen LogP contribution in [0.4, 0.5) is 0 Å². The average molecular weight is 305 g/mol. The highest BCUT2D eigenvalue weighted by Gasteiger charge is 2.41. The third kappa shape index (κ3) is 3.16. The van der Waals surface area contributed by atoms with Gasteiger partial charge in [-0.05, 0) is 37.0 Å². The largest absolute Gasteiger partial charge is 0.454 e. The molecule has 22 heavy (non-hydrogen) atoms. The molecule has 1 N–H and O–H groups in total. The standard InChI is InChI=1S/C16H19NO5/c1-9-5-12(9)16(19)22-10(2)15(18)17-7-11-3-4-13-14(6-11)21-8-20-13/h3-4,6,9-10,12H,5,7-8H2,1-2H3,(H,17,18)/t9-,10+,12+/m1/s1. The molecule has 0 unspecified atom stereocenters. The van der Waals surface area contributed by atoms with Crippen LogP contribution >= 0.6 is 0 Å². The summed E-state index contributed by atoms with van der Waals surface area (Å²) in [4.78, 5) is 23.7. The van der Waals surface area contributed by atoms with Crippen molar-refractivity contribution in [2.75, 3.05) is 6.79 Å². The van der Waals surface area contributed by atoms with Crippen LogP contribution in [-0.4, -0.2) is 24.8 Å². The van der Waals surface area contributed by atoms with E-state index < -0.39 is 6.10 Å². The number of nitrogens with one attached hydrogen (secondary N) is 1. The van der Waals surface area contributed by atoms with Gasteiger partial charge in [0.15, 0.2) is 17.6 Å². The van der Waals surface area contributed by atoms with Crippen molar-refractivity contribution in [2.45, 2.75) is 32.9 Å². The minimum Gasteiger partial charge on any atom is -0.454 e. The molecule has 1 aliphatic heterocycles.